The summed E-state index contributed by atoms with van der Waals surface area (Å²) in [5, 5.41) is 6.02. The summed E-state index contributed by atoms with van der Waals surface area (Å²) in [5.74, 6) is 0.211. The molecule has 0 bridgehead atoms. The second-order valence-corrected chi connectivity index (χ2v) is 8.24. The Hall–Kier alpha value is -1.20. The highest BCUT2D eigenvalue weighted by molar-refractivity contribution is 7.89. The zero-order valence-corrected chi connectivity index (χ0v) is 17.0. The number of hydrogen-bond acceptors (Lipinski definition) is 6. The number of carbonyl (C=O) groups excluding carboxylic acids is 1. The van der Waals surface area contributed by atoms with Crippen molar-refractivity contribution in [1.82, 2.24) is 24.9 Å². The van der Waals surface area contributed by atoms with E-state index in [0.29, 0.717) is 19.0 Å². The van der Waals surface area contributed by atoms with Gasteiger partial charge >= 0.3 is 0 Å². The van der Waals surface area contributed by atoms with Gasteiger partial charge in [0.25, 0.3) is 10.0 Å². The molecule has 1 amide bonds. The highest BCUT2D eigenvalue weighted by Crippen LogP contribution is 2.28. The molecule has 1 aromatic rings. The topological polar surface area (TPSA) is 114 Å². The third-order valence-electron chi connectivity index (χ3n) is 4.56. The molecule has 1 fully saturated rings. The number of nitrogens with zero attached hydrogens (tertiary/aromatic N) is 2. The Bertz CT molecular complexity index is 676. The number of imidazole rings is 1. The Morgan fingerprint density at radius 2 is 2.08 bits per heavy atom. The average molecular weight is 410 g/mol. The molecule has 0 aromatic carbocycles. The van der Waals surface area contributed by atoms with Gasteiger partial charge in [-0.3, -0.25) is 4.79 Å². The van der Waals surface area contributed by atoms with Gasteiger partial charge in [0.1, 0.15) is 5.82 Å². The molecule has 2 rings (SSSR count). The normalized spacial score (nSPS) is 16.7. The van der Waals surface area contributed by atoms with Crippen LogP contribution >= 0.6 is 12.4 Å². The summed E-state index contributed by atoms with van der Waals surface area (Å²) in [4.78, 5) is 16.0. The number of nitrogens with one attached hydrogen (secondary N) is 3. The van der Waals surface area contributed by atoms with Gasteiger partial charge in [-0.1, -0.05) is 0 Å². The van der Waals surface area contributed by atoms with Gasteiger partial charge in [-0.25, -0.2) is 18.1 Å². The Balaban J connectivity index is 0.00000338. The number of aryl methyl sites for hydroxylation is 2. The zero-order chi connectivity index (χ0) is 18.5. The number of sulfonamides is 1. The van der Waals surface area contributed by atoms with E-state index in [9.17, 15) is 13.2 Å². The van der Waals surface area contributed by atoms with Crippen molar-refractivity contribution >= 4 is 28.3 Å². The molecule has 11 heteroatoms. The minimum atomic E-state index is -3.80. The lowest BCUT2D eigenvalue weighted by Crippen LogP contribution is -2.48. The maximum absolute atomic E-state index is 12.2. The quantitative estimate of drug-likeness (QED) is 0.536. The Morgan fingerprint density at radius 1 is 1.42 bits per heavy atom. The molecule has 26 heavy (non-hydrogen) atoms. The van der Waals surface area contributed by atoms with E-state index in [1.165, 1.54) is 6.20 Å². The van der Waals surface area contributed by atoms with Crippen LogP contribution in [-0.2, 0) is 26.6 Å². The van der Waals surface area contributed by atoms with Crippen molar-refractivity contribution in [3.05, 3.63) is 12.0 Å². The molecule has 9 nitrogen and oxygen atoms in total. The predicted molar refractivity (Wildman–Crippen MR) is 99.8 cm³/mol. The number of piperidine rings is 1. The van der Waals surface area contributed by atoms with Crippen LogP contribution in [-0.4, -0.2) is 63.8 Å². The third kappa shape index (κ3) is 5.92. The maximum atomic E-state index is 12.2. The average Bonchev–Trinajstić information content (AvgIpc) is 2.92. The molecule has 1 aliphatic rings. The molecule has 0 radical (unpaired) electrons. The molecule has 0 spiro atoms. The van der Waals surface area contributed by atoms with Crippen molar-refractivity contribution in [2.24, 2.45) is 12.5 Å². The lowest BCUT2D eigenvalue weighted by atomic mass is 9.79. The number of hydrogen-bond donors (Lipinski definition) is 3. The SMILES string of the molecule is COCC1(CNC(=O)CNS(=O)(=O)c2cn(C)c(C)n2)CCNCC1.Cl. The van der Waals surface area contributed by atoms with Crippen LogP contribution in [0.5, 0.6) is 0 Å². The van der Waals surface area contributed by atoms with E-state index < -0.39 is 10.0 Å². The molecule has 1 saturated heterocycles. The first kappa shape index (κ1) is 22.8. The molecule has 2 heterocycles. The largest absolute Gasteiger partial charge is 0.384 e. The number of carbonyl (C=O) groups is 1. The minimum Gasteiger partial charge on any atom is -0.384 e. The van der Waals surface area contributed by atoms with Gasteiger partial charge in [0.15, 0.2) is 5.03 Å². The van der Waals surface area contributed by atoms with E-state index in [1.54, 1.807) is 25.6 Å². The van der Waals surface area contributed by atoms with E-state index in [0.717, 1.165) is 25.9 Å². The van der Waals surface area contributed by atoms with Crippen molar-refractivity contribution < 1.29 is 17.9 Å². The Labute approximate surface area is 160 Å². The number of halogens is 1. The molecule has 1 aliphatic heterocycles. The summed E-state index contributed by atoms with van der Waals surface area (Å²) in [7, 11) is -0.445. The number of ether oxygens (including phenoxy) is 1. The van der Waals surface area contributed by atoms with Crippen molar-refractivity contribution in [3.8, 4) is 0 Å². The van der Waals surface area contributed by atoms with Gasteiger partial charge in [0, 0.05) is 32.3 Å². The van der Waals surface area contributed by atoms with Crippen LogP contribution in [0.15, 0.2) is 11.2 Å². The van der Waals surface area contributed by atoms with E-state index in [-0.39, 0.29) is 35.3 Å². The maximum Gasteiger partial charge on any atom is 0.260 e. The summed E-state index contributed by atoms with van der Waals surface area (Å²) in [6, 6.07) is 0. The summed E-state index contributed by atoms with van der Waals surface area (Å²) < 4.78 is 33.6. The molecular formula is C15H28ClN5O4S. The summed E-state index contributed by atoms with van der Waals surface area (Å²) in [6.07, 6.45) is 3.22. The first-order valence-corrected chi connectivity index (χ1v) is 9.72. The van der Waals surface area contributed by atoms with Crippen LogP contribution in [0.2, 0.25) is 0 Å². The fraction of sp³-hybridized carbons (Fsp3) is 0.733. The Morgan fingerprint density at radius 3 is 2.62 bits per heavy atom. The standard InChI is InChI=1S/C15H27N5O4S.ClH/c1-12-19-14(9-20(12)2)25(22,23)18-8-13(21)17-10-15(11-24-3)4-6-16-7-5-15;/h9,16,18H,4-8,10-11H2,1-3H3,(H,17,21);1H. The molecule has 3 N–H and O–H groups in total. The van der Waals surface area contributed by atoms with Crippen LogP contribution in [0.25, 0.3) is 0 Å². The smallest absolute Gasteiger partial charge is 0.260 e. The van der Waals surface area contributed by atoms with Gasteiger partial charge in [-0.15, -0.1) is 12.4 Å². The van der Waals surface area contributed by atoms with E-state index in [1.807, 2.05) is 0 Å². The van der Waals surface area contributed by atoms with Gasteiger partial charge in [0.05, 0.1) is 13.2 Å². The van der Waals surface area contributed by atoms with Crippen LogP contribution in [0.1, 0.15) is 18.7 Å². The molecule has 0 aliphatic carbocycles. The van der Waals surface area contributed by atoms with E-state index >= 15 is 0 Å². The number of methoxy groups -OCH3 is 1. The van der Waals surface area contributed by atoms with Gasteiger partial charge < -0.3 is 19.9 Å². The van der Waals surface area contributed by atoms with Gasteiger partial charge in [-0.05, 0) is 32.9 Å². The number of aromatic nitrogens is 2. The predicted octanol–water partition coefficient (Wildman–Crippen LogP) is -0.439. The van der Waals surface area contributed by atoms with Crippen molar-refractivity contribution in [1.29, 1.82) is 0 Å². The zero-order valence-electron chi connectivity index (χ0n) is 15.4. The number of amides is 1. The minimum absolute atomic E-state index is 0. The summed E-state index contributed by atoms with van der Waals surface area (Å²) in [6.45, 7) is 4.18. The molecular weight excluding hydrogens is 382 g/mol. The summed E-state index contributed by atoms with van der Waals surface area (Å²) >= 11 is 0. The fourth-order valence-electron chi connectivity index (χ4n) is 2.87. The number of rotatable bonds is 8. The van der Waals surface area contributed by atoms with Crippen LogP contribution in [0.3, 0.4) is 0 Å². The highest BCUT2D eigenvalue weighted by atomic mass is 35.5. The monoisotopic (exact) mass is 409 g/mol. The van der Waals surface area contributed by atoms with Crippen molar-refractivity contribution in [3.63, 3.8) is 0 Å². The van der Waals surface area contributed by atoms with Crippen LogP contribution in [0, 0.1) is 12.3 Å². The van der Waals surface area contributed by atoms with E-state index in [2.05, 4.69) is 20.3 Å². The molecule has 0 atom stereocenters. The molecule has 0 saturated carbocycles. The Kier molecular flexibility index (Phi) is 8.48. The second kappa shape index (κ2) is 9.65. The van der Waals surface area contributed by atoms with Gasteiger partial charge in [-0.2, -0.15) is 0 Å². The first-order valence-electron chi connectivity index (χ1n) is 8.24. The van der Waals surface area contributed by atoms with Gasteiger partial charge in [0.2, 0.25) is 5.91 Å². The summed E-state index contributed by atoms with van der Waals surface area (Å²) in [5.41, 5.74) is -0.105. The van der Waals surface area contributed by atoms with Crippen molar-refractivity contribution in [2.75, 3.05) is 39.9 Å². The van der Waals surface area contributed by atoms with Crippen LogP contribution < -0.4 is 15.4 Å². The first-order chi connectivity index (χ1) is 11.8. The van der Waals surface area contributed by atoms with Crippen LogP contribution in [0.4, 0.5) is 0 Å². The second-order valence-electron chi connectivity index (χ2n) is 6.52. The fourth-order valence-corrected chi connectivity index (χ4v) is 3.89. The molecule has 1 aromatic heterocycles. The molecule has 150 valence electrons. The lowest BCUT2D eigenvalue weighted by molar-refractivity contribution is -0.120. The third-order valence-corrected chi connectivity index (χ3v) is 5.83. The highest BCUT2D eigenvalue weighted by Gasteiger charge is 2.32. The lowest BCUT2D eigenvalue weighted by Gasteiger charge is -2.37. The van der Waals surface area contributed by atoms with E-state index in [4.69, 9.17) is 4.74 Å². The van der Waals surface area contributed by atoms with Crippen molar-refractivity contribution in [2.45, 2.75) is 24.8 Å². The molecule has 0 unspecified atom stereocenters.